The lowest BCUT2D eigenvalue weighted by atomic mass is 10.2. The maximum Gasteiger partial charge on any atom is 0.258 e. The maximum absolute atomic E-state index is 13.4. The summed E-state index contributed by atoms with van der Waals surface area (Å²) in [6.45, 7) is 0. The molecule has 0 unspecified atom stereocenters. The summed E-state index contributed by atoms with van der Waals surface area (Å²) in [7, 11) is 1.52. The number of methoxy groups -OCH3 is 1. The lowest BCUT2D eigenvalue weighted by Crippen LogP contribution is -2.12. The zero-order chi connectivity index (χ0) is 19.8. The number of rotatable bonds is 4. The van der Waals surface area contributed by atoms with Crippen LogP contribution in [0.2, 0.25) is 0 Å². The highest BCUT2D eigenvalue weighted by Gasteiger charge is 2.11. The molecule has 0 saturated heterocycles. The van der Waals surface area contributed by atoms with Gasteiger partial charge >= 0.3 is 0 Å². The second-order valence-corrected chi connectivity index (χ2v) is 6.93. The highest BCUT2D eigenvalue weighted by Crippen LogP contribution is 2.28. The van der Waals surface area contributed by atoms with E-state index >= 15 is 0 Å². The summed E-state index contributed by atoms with van der Waals surface area (Å²) in [6.07, 6.45) is 1.84. The molecule has 28 heavy (non-hydrogen) atoms. The van der Waals surface area contributed by atoms with E-state index in [1.807, 2.05) is 0 Å². The maximum atomic E-state index is 13.4. The van der Waals surface area contributed by atoms with Crippen LogP contribution < -0.4 is 10.3 Å². The first kappa shape index (κ1) is 18.3. The van der Waals surface area contributed by atoms with Crippen molar-refractivity contribution in [2.24, 2.45) is 0 Å². The number of hydrogen-bond acceptors (Lipinski definition) is 4. The number of ether oxygens (including phenoxy) is 1. The molecule has 9 heteroatoms. The summed E-state index contributed by atoms with van der Waals surface area (Å²) in [5.41, 5.74) is 1.06. The molecule has 0 spiro atoms. The van der Waals surface area contributed by atoms with Crippen LogP contribution in [0, 0.1) is 11.6 Å². The van der Waals surface area contributed by atoms with E-state index in [1.54, 1.807) is 24.4 Å². The van der Waals surface area contributed by atoms with Crippen molar-refractivity contribution >= 4 is 26.8 Å². The van der Waals surface area contributed by atoms with Crippen LogP contribution in [-0.4, -0.2) is 26.9 Å². The molecule has 0 aliphatic carbocycles. The number of nitrogens with one attached hydrogen (secondary N) is 1. The van der Waals surface area contributed by atoms with Crippen molar-refractivity contribution < 1.29 is 13.5 Å². The molecule has 0 aliphatic rings. The topological polar surface area (TPSA) is 72.8 Å². The highest BCUT2D eigenvalue weighted by molar-refractivity contribution is 9.10. The zero-order valence-corrected chi connectivity index (χ0v) is 16.1. The largest absolute Gasteiger partial charge is 0.496 e. The van der Waals surface area contributed by atoms with Gasteiger partial charge in [0, 0.05) is 12.3 Å². The van der Waals surface area contributed by atoms with Gasteiger partial charge in [-0.05, 0) is 46.3 Å². The number of H-pyrrole nitrogens is 1. The van der Waals surface area contributed by atoms with Crippen LogP contribution in [0.3, 0.4) is 0 Å². The number of hydrogen-bond donors (Lipinski definition) is 1. The average Bonchev–Trinajstić information content (AvgIpc) is 3.09. The Morgan fingerprint density at radius 3 is 2.64 bits per heavy atom. The number of fused-ring (bicyclic) bond motifs is 1. The molecule has 0 saturated carbocycles. The van der Waals surface area contributed by atoms with E-state index in [0.29, 0.717) is 32.6 Å². The molecule has 0 atom stereocenters. The van der Waals surface area contributed by atoms with Gasteiger partial charge in [-0.15, -0.1) is 0 Å². The predicted molar refractivity (Wildman–Crippen MR) is 103 cm³/mol. The monoisotopic (exact) mass is 446 g/mol. The molecule has 1 N–H and O–H groups in total. The van der Waals surface area contributed by atoms with Crippen molar-refractivity contribution in [1.29, 1.82) is 0 Å². The standard InChI is InChI=1S/C19H13BrF2N4O2/c1-28-17-8-14-16(9-15(17)20)23-18(24-19(14)27)7-12-2-3-26(25-12)13-5-10(21)4-11(22)6-13/h2-6,8-9H,7H2,1H3,(H,23,24,27). The molecule has 2 heterocycles. The van der Waals surface area contributed by atoms with Crippen molar-refractivity contribution in [3.8, 4) is 11.4 Å². The number of aromatic amines is 1. The quantitative estimate of drug-likeness (QED) is 0.518. The summed E-state index contributed by atoms with van der Waals surface area (Å²) in [4.78, 5) is 19.6. The van der Waals surface area contributed by atoms with Crippen molar-refractivity contribution in [1.82, 2.24) is 19.7 Å². The molecule has 0 radical (unpaired) electrons. The van der Waals surface area contributed by atoms with E-state index in [9.17, 15) is 13.6 Å². The highest BCUT2D eigenvalue weighted by atomic mass is 79.9. The van der Waals surface area contributed by atoms with Crippen LogP contribution in [0.4, 0.5) is 8.78 Å². The van der Waals surface area contributed by atoms with Crippen molar-refractivity contribution in [2.75, 3.05) is 7.11 Å². The van der Waals surface area contributed by atoms with E-state index in [-0.39, 0.29) is 17.7 Å². The van der Waals surface area contributed by atoms with E-state index in [4.69, 9.17) is 4.74 Å². The Morgan fingerprint density at radius 2 is 1.93 bits per heavy atom. The van der Waals surface area contributed by atoms with Crippen LogP contribution >= 0.6 is 15.9 Å². The first-order valence-electron chi connectivity index (χ1n) is 8.20. The molecule has 2 aromatic heterocycles. The van der Waals surface area contributed by atoms with E-state index in [2.05, 4.69) is 31.0 Å². The lowest BCUT2D eigenvalue weighted by molar-refractivity contribution is 0.412. The zero-order valence-electron chi connectivity index (χ0n) is 14.5. The fraction of sp³-hybridized carbons (Fsp3) is 0.105. The number of nitrogens with zero attached hydrogens (tertiary/aromatic N) is 3. The van der Waals surface area contributed by atoms with Crippen molar-refractivity contribution in [3.05, 3.63) is 80.6 Å². The summed E-state index contributed by atoms with van der Waals surface area (Å²) in [6, 6.07) is 8.17. The predicted octanol–water partition coefficient (Wildman–Crippen LogP) is 3.75. The molecule has 0 amide bonds. The first-order chi connectivity index (χ1) is 13.4. The molecule has 4 rings (SSSR count). The SMILES string of the molecule is COc1cc2c(=O)[nH]c(Cc3ccn(-c4cc(F)cc(F)c4)n3)nc2cc1Br. The Bertz CT molecular complexity index is 1230. The number of aromatic nitrogens is 4. The fourth-order valence-electron chi connectivity index (χ4n) is 2.87. The van der Waals surface area contributed by atoms with Crippen LogP contribution in [0.25, 0.3) is 16.6 Å². The Kier molecular flexibility index (Phi) is 4.68. The molecular formula is C19H13BrF2N4O2. The van der Waals surface area contributed by atoms with Crippen molar-refractivity contribution in [2.45, 2.75) is 6.42 Å². The second-order valence-electron chi connectivity index (χ2n) is 6.07. The van der Waals surface area contributed by atoms with E-state index in [0.717, 1.165) is 6.07 Å². The minimum Gasteiger partial charge on any atom is -0.496 e. The van der Waals surface area contributed by atoms with Gasteiger partial charge in [-0.25, -0.2) is 18.4 Å². The van der Waals surface area contributed by atoms with Crippen LogP contribution in [0.5, 0.6) is 5.75 Å². The Balaban J connectivity index is 1.67. The van der Waals surface area contributed by atoms with Crippen LogP contribution in [0.15, 0.2) is 51.9 Å². The van der Waals surface area contributed by atoms with Gasteiger partial charge in [-0.3, -0.25) is 4.79 Å². The van der Waals surface area contributed by atoms with Gasteiger partial charge in [0.15, 0.2) is 0 Å². The fourth-order valence-corrected chi connectivity index (χ4v) is 3.37. The van der Waals surface area contributed by atoms with Gasteiger partial charge in [0.1, 0.15) is 23.2 Å². The number of benzene rings is 2. The minimum absolute atomic E-state index is 0.250. The van der Waals surface area contributed by atoms with Gasteiger partial charge in [-0.1, -0.05) is 0 Å². The average molecular weight is 447 g/mol. The van der Waals surface area contributed by atoms with Gasteiger partial charge in [-0.2, -0.15) is 5.10 Å². The minimum atomic E-state index is -0.686. The van der Waals surface area contributed by atoms with Gasteiger partial charge in [0.2, 0.25) is 0 Å². The van der Waals surface area contributed by atoms with Crippen molar-refractivity contribution in [3.63, 3.8) is 0 Å². The summed E-state index contributed by atoms with van der Waals surface area (Å²) >= 11 is 3.38. The molecule has 0 bridgehead atoms. The van der Waals surface area contributed by atoms with Crippen LogP contribution in [-0.2, 0) is 6.42 Å². The Morgan fingerprint density at radius 1 is 1.18 bits per heavy atom. The third-order valence-corrected chi connectivity index (χ3v) is 4.75. The first-order valence-corrected chi connectivity index (χ1v) is 8.99. The normalized spacial score (nSPS) is 11.1. The molecule has 6 nitrogen and oxygen atoms in total. The van der Waals surface area contributed by atoms with Gasteiger partial charge in [0.05, 0.1) is 40.3 Å². The lowest BCUT2D eigenvalue weighted by Gasteiger charge is -2.06. The van der Waals surface area contributed by atoms with E-state index < -0.39 is 11.6 Å². The summed E-state index contributed by atoms with van der Waals surface area (Å²) in [5, 5.41) is 4.71. The third-order valence-electron chi connectivity index (χ3n) is 4.13. The van der Waals surface area contributed by atoms with Gasteiger partial charge in [0.25, 0.3) is 5.56 Å². The Labute approximate surface area is 165 Å². The molecule has 0 fully saturated rings. The summed E-state index contributed by atoms with van der Waals surface area (Å²) in [5.74, 6) is -0.416. The van der Waals surface area contributed by atoms with E-state index in [1.165, 1.54) is 23.9 Å². The molecular weight excluding hydrogens is 434 g/mol. The molecule has 2 aromatic carbocycles. The summed E-state index contributed by atoms with van der Waals surface area (Å²) < 4.78 is 34.1. The smallest absolute Gasteiger partial charge is 0.258 e. The molecule has 0 aliphatic heterocycles. The number of halogens is 3. The van der Waals surface area contributed by atoms with Gasteiger partial charge < -0.3 is 9.72 Å². The Hall–Kier alpha value is -3.07. The molecule has 142 valence electrons. The third kappa shape index (κ3) is 3.53. The second kappa shape index (κ2) is 7.16. The molecule has 4 aromatic rings. The van der Waals surface area contributed by atoms with Crippen LogP contribution in [0.1, 0.15) is 11.5 Å².